The van der Waals surface area contributed by atoms with Crippen LogP contribution in [0.4, 0.5) is 0 Å². The summed E-state index contributed by atoms with van der Waals surface area (Å²) in [4.78, 5) is 7.55. The van der Waals surface area contributed by atoms with Crippen LogP contribution in [0.1, 0.15) is 41.0 Å². The molecule has 4 heteroatoms. The van der Waals surface area contributed by atoms with Crippen molar-refractivity contribution >= 4 is 8.24 Å². The summed E-state index contributed by atoms with van der Waals surface area (Å²) in [5, 5.41) is 0. The molecule has 0 aromatic carbocycles. The Morgan fingerprint density at radius 1 is 0.889 bits per heavy atom. The van der Waals surface area contributed by atoms with Gasteiger partial charge in [0.15, 0.2) is 0 Å². The van der Waals surface area contributed by atoms with Gasteiger partial charge < -0.3 is 17.3 Å². The van der Waals surface area contributed by atoms with Gasteiger partial charge in [-0.2, -0.15) is 0 Å². The second-order valence-electron chi connectivity index (χ2n) is 4.55. The van der Waals surface area contributed by atoms with Crippen molar-refractivity contribution in [2.75, 3.05) is 26.2 Å². The van der Waals surface area contributed by atoms with Crippen molar-refractivity contribution in [2.24, 2.45) is 0 Å². The van der Waals surface area contributed by atoms with Crippen LogP contribution in [0.15, 0.2) is 0 Å². The summed E-state index contributed by atoms with van der Waals surface area (Å²) in [5.74, 6) is 0. The standard InChI is InChI=1S/C13H31N2Si.CH3.Co/c1-6-15(7-2)13-11-12-14-16(8-3,9-4)10-5;;/h6-13H2,1-5H3;1H3;/q2*-1;+3. The summed E-state index contributed by atoms with van der Waals surface area (Å²) in [5.41, 5.74) is 0. The SMILES string of the molecule is CCN(CC)CCC[N-][Si](CC)(CC)CC.[CH3-].[Co+3]. The van der Waals surface area contributed by atoms with E-state index in [9.17, 15) is 0 Å². The fourth-order valence-electron chi connectivity index (χ4n) is 2.24. The van der Waals surface area contributed by atoms with Crippen molar-refractivity contribution < 1.29 is 16.8 Å². The Morgan fingerprint density at radius 2 is 1.33 bits per heavy atom. The molecule has 0 aromatic heterocycles. The average molecular weight is 317 g/mol. The van der Waals surface area contributed by atoms with E-state index in [2.05, 4.69) is 39.5 Å². The van der Waals surface area contributed by atoms with Gasteiger partial charge in [-0.25, -0.2) is 0 Å². The smallest absolute Gasteiger partial charge is 0.664 e. The third-order valence-electron chi connectivity index (χ3n) is 3.95. The number of nitrogens with zero attached hydrogens (tertiary/aromatic N) is 2. The van der Waals surface area contributed by atoms with Gasteiger partial charge in [0, 0.05) is 0 Å². The zero-order valence-corrected chi connectivity index (χ0v) is 15.4. The molecule has 0 radical (unpaired) electrons. The second kappa shape index (κ2) is 14.1. The minimum absolute atomic E-state index is 0. The minimum atomic E-state index is -1.20. The molecular weight excluding hydrogens is 283 g/mol. The van der Waals surface area contributed by atoms with Crippen LogP contribution in [0, 0.1) is 7.43 Å². The largest absolute Gasteiger partial charge is 3.00 e. The molecule has 0 unspecified atom stereocenters. The molecule has 0 aliphatic heterocycles. The van der Waals surface area contributed by atoms with E-state index >= 15 is 0 Å². The van der Waals surface area contributed by atoms with Crippen molar-refractivity contribution in [3.8, 4) is 0 Å². The van der Waals surface area contributed by atoms with Gasteiger partial charge in [-0.1, -0.05) is 67.4 Å². The molecule has 0 fully saturated rings. The number of hydrogen-bond acceptors (Lipinski definition) is 1. The van der Waals surface area contributed by atoms with Crippen LogP contribution in [-0.2, 0) is 16.8 Å². The van der Waals surface area contributed by atoms with Crippen LogP contribution < -0.4 is 0 Å². The predicted molar refractivity (Wildman–Crippen MR) is 84.2 cm³/mol. The van der Waals surface area contributed by atoms with Crippen LogP contribution in [0.2, 0.25) is 18.1 Å². The summed E-state index contributed by atoms with van der Waals surface area (Å²) in [7, 11) is -1.20. The van der Waals surface area contributed by atoms with E-state index in [0.29, 0.717) is 0 Å². The molecule has 112 valence electrons. The Hall–Kier alpha value is 0.643. The fourth-order valence-corrected chi connectivity index (χ4v) is 5.04. The Labute approximate surface area is 128 Å². The Morgan fingerprint density at radius 3 is 1.67 bits per heavy atom. The quantitative estimate of drug-likeness (QED) is 0.328. The van der Waals surface area contributed by atoms with Crippen molar-refractivity contribution in [1.82, 2.24) is 4.90 Å². The molecule has 0 aromatic rings. The van der Waals surface area contributed by atoms with Crippen molar-refractivity contribution in [1.29, 1.82) is 0 Å². The summed E-state index contributed by atoms with van der Waals surface area (Å²) in [6.07, 6.45) is 1.25. The normalized spacial score (nSPS) is 11.0. The molecule has 0 saturated carbocycles. The summed E-state index contributed by atoms with van der Waals surface area (Å²) >= 11 is 0. The van der Waals surface area contributed by atoms with Crippen molar-refractivity contribution in [2.45, 2.75) is 59.2 Å². The van der Waals surface area contributed by atoms with Crippen LogP contribution in [-0.4, -0.2) is 39.3 Å². The molecule has 0 saturated heterocycles. The summed E-state index contributed by atoms with van der Waals surface area (Å²) in [6.45, 7) is 16.1. The van der Waals surface area contributed by atoms with E-state index in [4.69, 9.17) is 4.98 Å². The van der Waals surface area contributed by atoms with E-state index in [1.807, 2.05) is 0 Å². The van der Waals surface area contributed by atoms with E-state index in [0.717, 1.165) is 6.54 Å². The molecule has 0 aliphatic rings. The zero-order chi connectivity index (χ0) is 12.4. The monoisotopic (exact) mass is 317 g/mol. The molecule has 18 heavy (non-hydrogen) atoms. The first-order valence-corrected chi connectivity index (χ1v) is 9.65. The average Bonchev–Trinajstić information content (AvgIpc) is 2.35. The molecule has 2 nitrogen and oxygen atoms in total. The first kappa shape index (κ1) is 23.7. The molecule has 0 N–H and O–H groups in total. The maximum Gasteiger partial charge on any atom is 3.00 e. The van der Waals surface area contributed by atoms with E-state index in [-0.39, 0.29) is 24.2 Å². The van der Waals surface area contributed by atoms with Crippen LogP contribution in [0.3, 0.4) is 0 Å². The number of rotatable bonds is 10. The third kappa shape index (κ3) is 8.69. The molecule has 0 atom stereocenters. The second-order valence-corrected chi connectivity index (χ2v) is 9.43. The fraction of sp³-hybridized carbons (Fsp3) is 0.929. The molecule has 0 bridgehead atoms. The van der Waals surface area contributed by atoms with E-state index in [1.54, 1.807) is 0 Å². The first-order chi connectivity index (χ1) is 7.67. The van der Waals surface area contributed by atoms with E-state index < -0.39 is 8.24 Å². The Kier molecular flexibility index (Phi) is 18.5. The van der Waals surface area contributed by atoms with Crippen LogP contribution in [0.25, 0.3) is 4.98 Å². The van der Waals surface area contributed by atoms with Crippen LogP contribution >= 0.6 is 0 Å². The predicted octanol–water partition coefficient (Wildman–Crippen LogP) is 4.54. The zero-order valence-electron chi connectivity index (χ0n) is 13.4. The number of hydrogen-bond donors (Lipinski definition) is 0. The van der Waals surface area contributed by atoms with E-state index in [1.165, 1.54) is 44.2 Å². The molecule has 0 aliphatic carbocycles. The molecular formula is C14H34CoN2Si+. The topological polar surface area (TPSA) is 17.3 Å². The maximum atomic E-state index is 5.06. The maximum absolute atomic E-state index is 5.06. The van der Waals surface area contributed by atoms with Gasteiger partial charge in [-0.3, -0.25) is 0 Å². The van der Waals surface area contributed by atoms with Gasteiger partial charge in [-0.15, -0.1) is 6.54 Å². The Bertz CT molecular complexity index is 152. The van der Waals surface area contributed by atoms with Crippen LogP contribution in [0.5, 0.6) is 0 Å². The molecule has 0 heterocycles. The minimum Gasteiger partial charge on any atom is -0.664 e. The summed E-state index contributed by atoms with van der Waals surface area (Å²) in [6, 6.07) is 3.97. The van der Waals surface area contributed by atoms with Gasteiger partial charge in [0.2, 0.25) is 0 Å². The molecule has 0 rings (SSSR count). The van der Waals surface area contributed by atoms with Gasteiger partial charge >= 0.3 is 16.8 Å². The van der Waals surface area contributed by atoms with Crippen molar-refractivity contribution in [3.05, 3.63) is 12.4 Å². The van der Waals surface area contributed by atoms with Gasteiger partial charge in [0.25, 0.3) is 0 Å². The first-order valence-electron chi connectivity index (χ1n) is 7.08. The molecule has 0 spiro atoms. The van der Waals surface area contributed by atoms with Gasteiger partial charge in [0.1, 0.15) is 0 Å². The van der Waals surface area contributed by atoms with Gasteiger partial charge in [-0.05, 0) is 19.6 Å². The molecule has 0 amide bonds. The van der Waals surface area contributed by atoms with Gasteiger partial charge in [0.05, 0.1) is 0 Å². The third-order valence-corrected chi connectivity index (χ3v) is 8.79. The Balaban J connectivity index is -0.00000112. The van der Waals surface area contributed by atoms with Crippen molar-refractivity contribution in [3.63, 3.8) is 0 Å². The summed E-state index contributed by atoms with van der Waals surface area (Å²) < 4.78 is 0.